The molecule has 0 saturated heterocycles. The van der Waals surface area contributed by atoms with E-state index >= 15 is 0 Å². The van der Waals surface area contributed by atoms with E-state index in [2.05, 4.69) is 10.5 Å². The summed E-state index contributed by atoms with van der Waals surface area (Å²) in [5.74, 6) is 0.536. The standard InChI is InChI=1S/C18H23N3O3/c1-4-5-10-21(18(23)15-8-6-13(2)7-9-15)12-17(22)19-16-11-14(3)24-20-16/h6-9,11H,4-5,10,12H2,1-3H3,(H,19,20,22). The van der Waals surface area contributed by atoms with Crippen molar-refractivity contribution in [2.75, 3.05) is 18.4 Å². The number of hydrogen-bond donors (Lipinski definition) is 1. The molecule has 0 unspecified atom stereocenters. The number of benzene rings is 1. The summed E-state index contributed by atoms with van der Waals surface area (Å²) in [6, 6.07) is 8.99. The van der Waals surface area contributed by atoms with Crippen molar-refractivity contribution >= 4 is 17.6 Å². The van der Waals surface area contributed by atoms with Gasteiger partial charge in [-0.05, 0) is 32.4 Å². The largest absolute Gasteiger partial charge is 0.360 e. The third kappa shape index (κ3) is 4.94. The van der Waals surface area contributed by atoms with E-state index in [9.17, 15) is 9.59 Å². The summed E-state index contributed by atoms with van der Waals surface area (Å²) in [4.78, 5) is 26.4. The van der Waals surface area contributed by atoms with Gasteiger partial charge in [-0.3, -0.25) is 9.59 Å². The Hall–Kier alpha value is -2.63. The van der Waals surface area contributed by atoms with E-state index in [1.54, 1.807) is 30.0 Å². The van der Waals surface area contributed by atoms with Gasteiger partial charge in [-0.15, -0.1) is 0 Å². The number of nitrogens with one attached hydrogen (secondary N) is 1. The number of aromatic nitrogens is 1. The fourth-order valence-corrected chi connectivity index (χ4v) is 2.26. The molecule has 0 aliphatic rings. The van der Waals surface area contributed by atoms with E-state index in [-0.39, 0.29) is 18.4 Å². The molecular weight excluding hydrogens is 306 g/mol. The summed E-state index contributed by atoms with van der Waals surface area (Å²) in [6.45, 7) is 6.29. The smallest absolute Gasteiger partial charge is 0.254 e. The first-order valence-electron chi connectivity index (χ1n) is 8.08. The number of amides is 2. The van der Waals surface area contributed by atoms with Crippen molar-refractivity contribution in [1.82, 2.24) is 10.1 Å². The van der Waals surface area contributed by atoms with Gasteiger partial charge in [0.25, 0.3) is 5.91 Å². The predicted octanol–water partition coefficient (Wildman–Crippen LogP) is 3.17. The van der Waals surface area contributed by atoms with Gasteiger partial charge in [0.05, 0.1) is 0 Å². The maximum Gasteiger partial charge on any atom is 0.254 e. The van der Waals surface area contributed by atoms with Crippen LogP contribution in [0.15, 0.2) is 34.9 Å². The van der Waals surface area contributed by atoms with Crippen molar-refractivity contribution in [3.05, 3.63) is 47.2 Å². The zero-order chi connectivity index (χ0) is 17.5. The highest BCUT2D eigenvalue weighted by molar-refractivity contribution is 5.99. The molecule has 0 radical (unpaired) electrons. The molecule has 6 nitrogen and oxygen atoms in total. The summed E-state index contributed by atoms with van der Waals surface area (Å²) in [7, 11) is 0. The van der Waals surface area contributed by atoms with Crippen LogP contribution in [0.2, 0.25) is 0 Å². The van der Waals surface area contributed by atoms with Gasteiger partial charge < -0.3 is 14.7 Å². The van der Waals surface area contributed by atoms with Gasteiger partial charge in [0.1, 0.15) is 12.3 Å². The van der Waals surface area contributed by atoms with Crippen LogP contribution in [0.1, 0.15) is 41.4 Å². The predicted molar refractivity (Wildman–Crippen MR) is 91.9 cm³/mol. The summed E-state index contributed by atoms with van der Waals surface area (Å²) < 4.78 is 4.92. The normalized spacial score (nSPS) is 10.5. The zero-order valence-corrected chi connectivity index (χ0v) is 14.3. The topological polar surface area (TPSA) is 75.4 Å². The molecule has 1 aromatic heterocycles. The van der Waals surface area contributed by atoms with Crippen molar-refractivity contribution in [3.63, 3.8) is 0 Å². The number of hydrogen-bond acceptors (Lipinski definition) is 4. The summed E-state index contributed by atoms with van der Waals surface area (Å²) in [6.07, 6.45) is 1.79. The molecule has 2 amide bonds. The molecule has 0 spiro atoms. The van der Waals surface area contributed by atoms with E-state index in [4.69, 9.17) is 4.52 Å². The molecule has 2 aromatic rings. The minimum Gasteiger partial charge on any atom is -0.360 e. The maximum absolute atomic E-state index is 12.7. The van der Waals surface area contributed by atoms with Gasteiger partial charge in [0.15, 0.2) is 5.82 Å². The molecule has 0 fully saturated rings. The third-order valence-electron chi connectivity index (χ3n) is 3.60. The molecule has 128 valence electrons. The second kappa shape index (κ2) is 8.29. The molecule has 0 bridgehead atoms. The summed E-state index contributed by atoms with van der Waals surface area (Å²) >= 11 is 0. The fourth-order valence-electron chi connectivity index (χ4n) is 2.26. The van der Waals surface area contributed by atoms with Gasteiger partial charge >= 0.3 is 0 Å². The van der Waals surface area contributed by atoms with Crippen LogP contribution in [0.3, 0.4) is 0 Å². The molecule has 2 rings (SSSR count). The van der Waals surface area contributed by atoms with Crippen LogP contribution in [0.25, 0.3) is 0 Å². The SMILES string of the molecule is CCCCN(CC(=O)Nc1cc(C)on1)C(=O)c1ccc(C)cc1. The van der Waals surface area contributed by atoms with Crippen LogP contribution in [0.5, 0.6) is 0 Å². The molecule has 24 heavy (non-hydrogen) atoms. The van der Waals surface area contributed by atoms with E-state index in [0.29, 0.717) is 23.7 Å². The third-order valence-corrected chi connectivity index (χ3v) is 3.60. The Morgan fingerprint density at radius 2 is 1.92 bits per heavy atom. The molecular formula is C18H23N3O3. The van der Waals surface area contributed by atoms with Gasteiger partial charge in [-0.1, -0.05) is 36.2 Å². The Kier molecular flexibility index (Phi) is 6.12. The van der Waals surface area contributed by atoms with Gasteiger partial charge in [0, 0.05) is 18.2 Å². The lowest BCUT2D eigenvalue weighted by molar-refractivity contribution is -0.117. The van der Waals surface area contributed by atoms with Crippen molar-refractivity contribution < 1.29 is 14.1 Å². The number of carbonyl (C=O) groups is 2. The summed E-state index contributed by atoms with van der Waals surface area (Å²) in [5, 5.41) is 6.37. The van der Waals surface area contributed by atoms with Crippen LogP contribution in [0, 0.1) is 13.8 Å². The van der Waals surface area contributed by atoms with Crippen LogP contribution < -0.4 is 5.32 Å². The average molecular weight is 329 g/mol. The Bertz CT molecular complexity index is 692. The Morgan fingerprint density at radius 3 is 2.50 bits per heavy atom. The monoisotopic (exact) mass is 329 g/mol. The Balaban J connectivity index is 2.05. The quantitative estimate of drug-likeness (QED) is 0.846. The van der Waals surface area contributed by atoms with Crippen LogP contribution in [-0.4, -0.2) is 35.0 Å². The van der Waals surface area contributed by atoms with E-state index in [1.807, 2.05) is 26.0 Å². The average Bonchev–Trinajstić information content (AvgIpc) is 2.96. The first kappa shape index (κ1) is 17.7. The molecule has 1 N–H and O–H groups in total. The first-order valence-corrected chi connectivity index (χ1v) is 8.08. The van der Waals surface area contributed by atoms with Crippen LogP contribution in [-0.2, 0) is 4.79 Å². The highest BCUT2D eigenvalue weighted by Crippen LogP contribution is 2.10. The molecule has 0 atom stereocenters. The van der Waals surface area contributed by atoms with Crippen LogP contribution in [0.4, 0.5) is 5.82 Å². The number of carbonyl (C=O) groups excluding carboxylic acids is 2. The second-order valence-corrected chi connectivity index (χ2v) is 5.82. The van der Waals surface area contributed by atoms with Crippen molar-refractivity contribution in [3.8, 4) is 0 Å². The Morgan fingerprint density at radius 1 is 1.21 bits per heavy atom. The van der Waals surface area contributed by atoms with Crippen LogP contribution >= 0.6 is 0 Å². The molecule has 1 heterocycles. The van der Waals surface area contributed by atoms with Crippen molar-refractivity contribution in [2.24, 2.45) is 0 Å². The van der Waals surface area contributed by atoms with Gasteiger partial charge in [-0.2, -0.15) is 0 Å². The lowest BCUT2D eigenvalue weighted by Crippen LogP contribution is -2.38. The molecule has 0 aliphatic heterocycles. The lowest BCUT2D eigenvalue weighted by atomic mass is 10.1. The first-order chi connectivity index (χ1) is 11.5. The number of nitrogens with zero attached hydrogens (tertiary/aromatic N) is 2. The van der Waals surface area contributed by atoms with E-state index in [0.717, 1.165) is 18.4 Å². The highest BCUT2D eigenvalue weighted by atomic mass is 16.5. The number of anilines is 1. The van der Waals surface area contributed by atoms with Crippen molar-refractivity contribution in [2.45, 2.75) is 33.6 Å². The van der Waals surface area contributed by atoms with Gasteiger partial charge in [-0.25, -0.2) is 0 Å². The van der Waals surface area contributed by atoms with E-state index < -0.39 is 0 Å². The minimum atomic E-state index is -0.292. The summed E-state index contributed by atoms with van der Waals surface area (Å²) in [5.41, 5.74) is 1.67. The van der Waals surface area contributed by atoms with Crippen molar-refractivity contribution in [1.29, 1.82) is 0 Å². The number of aryl methyl sites for hydroxylation is 2. The molecule has 0 aliphatic carbocycles. The highest BCUT2D eigenvalue weighted by Gasteiger charge is 2.19. The van der Waals surface area contributed by atoms with Gasteiger partial charge in [0.2, 0.25) is 5.91 Å². The van der Waals surface area contributed by atoms with E-state index in [1.165, 1.54) is 0 Å². The zero-order valence-electron chi connectivity index (χ0n) is 14.3. The Labute approximate surface area is 141 Å². The number of unbranched alkanes of at least 4 members (excludes halogenated alkanes) is 1. The fraction of sp³-hybridized carbons (Fsp3) is 0.389. The molecule has 0 saturated carbocycles. The minimum absolute atomic E-state index is 0.0153. The molecule has 1 aromatic carbocycles. The number of rotatable bonds is 7. The lowest BCUT2D eigenvalue weighted by Gasteiger charge is -2.22. The second-order valence-electron chi connectivity index (χ2n) is 5.82. The molecule has 6 heteroatoms. The maximum atomic E-state index is 12.7.